The summed E-state index contributed by atoms with van der Waals surface area (Å²) in [5.41, 5.74) is 2.85. The number of rotatable bonds is 4. The van der Waals surface area contributed by atoms with Crippen molar-refractivity contribution in [3.8, 4) is 11.5 Å². The lowest BCUT2D eigenvalue weighted by molar-refractivity contribution is 0.0950. The molecular formula is C11H14N2O3. The molecule has 0 heterocycles. The quantitative estimate of drug-likeness (QED) is 0.303. The fourth-order valence-corrected chi connectivity index (χ4v) is 1.36. The number of amides is 1. The summed E-state index contributed by atoms with van der Waals surface area (Å²) in [6.07, 6.45) is 2.26. The molecule has 0 aliphatic rings. The van der Waals surface area contributed by atoms with Crippen LogP contribution in [0.2, 0.25) is 0 Å². The van der Waals surface area contributed by atoms with Crippen LogP contribution in [0.5, 0.6) is 11.5 Å². The molecule has 5 nitrogen and oxygen atoms in total. The third kappa shape index (κ3) is 2.32. The van der Waals surface area contributed by atoms with E-state index in [2.05, 4.69) is 6.58 Å². The van der Waals surface area contributed by atoms with Gasteiger partial charge in [-0.3, -0.25) is 10.2 Å². The lowest BCUT2D eigenvalue weighted by Crippen LogP contribution is -2.30. The first kappa shape index (κ1) is 12.1. The molecule has 0 aromatic heterocycles. The average Bonchev–Trinajstić information content (AvgIpc) is 2.30. The summed E-state index contributed by atoms with van der Waals surface area (Å²) in [6.45, 7) is 3.60. The molecule has 0 unspecified atom stereocenters. The molecule has 0 bridgehead atoms. The van der Waals surface area contributed by atoms with Gasteiger partial charge in [-0.1, -0.05) is 6.08 Å². The van der Waals surface area contributed by atoms with E-state index in [-0.39, 0.29) is 17.1 Å². The van der Waals surface area contributed by atoms with Crippen LogP contribution < -0.4 is 16.0 Å². The van der Waals surface area contributed by atoms with Gasteiger partial charge < -0.3 is 9.84 Å². The molecule has 4 N–H and O–H groups in total. The van der Waals surface area contributed by atoms with Crippen molar-refractivity contribution in [3.05, 3.63) is 35.9 Å². The number of allylic oxidation sites excluding steroid dienone is 1. The summed E-state index contributed by atoms with van der Waals surface area (Å²) in [5, 5.41) is 9.72. The number of nitrogen functional groups attached to an aromatic ring is 1. The van der Waals surface area contributed by atoms with Crippen LogP contribution in [0.25, 0.3) is 0 Å². The average molecular weight is 222 g/mol. The predicted molar refractivity (Wildman–Crippen MR) is 60.2 cm³/mol. The summed E-state index contributed by atoms with van der Waals surface area (Å²) in [6, 6.07) is 3.19. The molecule has 16 heavy (non-hydrogen) atoms. The van der Waals surface area contributed by atoms with Crippen LogP contribution in [0.1, 0.15) is 15.9 Å². The van der Waals surface area contributed by atoms with Crippen molar-refractivity contribution in [2.24, 2.45) is 5.84 Å². The Morgan fingerprint density at radius 3 is 2.88 bits per heavy atom. The molecule has 1 rings (SSSR count). The van der Waals surface area contributed by atoms with Gasteiger partial charge >= 0.3 is 0 Å². The van der Waals surface area contributed by atoms with Gasteiger partial charge in [0.1, 0.15) is 0 Å². The smallest absolute Gasteiger partial charge is 0.269 e. The van der Waals surface area contributed by atoms with Crippen LogP contribution in [0.15, 0.2) is 24.8 Å². The number of hydrogen-bond acceptors (Lipinski definition) is 4. The van der Waals surface area contributed by atoms with Gasteiger partial charge in [-0.2, -0.15) is 0 Å². The zero-order valence-electron chi connectivity index (χ0n) is 8.99. The van der Waals surface area contributed by atoms with Crippen LogP contribution in [-0.2, 0) is 6.42 Å². The Bertz CT molecular complexity index is 416. The number of phenolic OH excluding ortho intramolecular Hbond substituents is 1. The van der Waals surface area contributed by atoms with E-state index >= 15 is 0 Å². The van der Waals surface area contributed by atoms with Crippen molar-refractivity contribution in [1.82, 2.24) is 5.43 Å². The highest BCUT2D eigenvalue weighted by Gasteiger charge is 2.15. The summed E-state index contributed by atoms with van der Waals surface area (Å²) in [4.78, 5) is 11.4. The third-order valence-electron chi connectivity index (χ3n) is 2.11. The van der Waals surface area contributed by atoms with Gasteiger partial charge in [-0.15, -0.1) is 6.58 Å². The molecular weight excluding hydrogens is 208 g/mol. The van der Waals surface area contributed by atoms with Gasteiger partial charge in [0.2, 0.25) is 0 Å². The summed E-state index contributed by atoms with van der Waals surface area (Å²) < 4.78 is 4.96. The maximum atomic E-state index is 11.4. The van der Waals surface area contributed by atoms with Crippen molar-refractivity contribution in [2.45, 2.75) is 6.42 Å². The van der Waals surface area contributed by atoms with Gasteiger partial charge in [-0.25, -0.2) is 5.84 Å². The van der Waals surface area contributed by atoms with Gasteiger partial charge in [0.25, 0.3) is 5.91 Å². The fourth-order valence-electron chi connectivity index (χ4n) is 1.36. The monoisotopic (exact) mass is 222 g/mol. The van der Waals surface area contributed by atoms with Crippen LogP contribution in [0.3, 0.4) is 0 Å². The third-order valence-corrected chi connectivity index (χ3v) is 2.11. The van der Waals surface area contributed by atoms with Gasteiger partial charge in [0.05, 0.1) is 12.7 Å². The first-order chi connectivity index (χ1) is 7.63. The number of phenols is 1. The maximum Gasteiger partial charge on any atom is 0.269 e. The molecule has 0 fully saturated rings. The minimum Gasteiger partial charge on any atom is -0.504 e. The fraction of sp³-hybridized carbons (Fsp3) is 0.182. The van der Waals surface area contributed by atoms with E-state index in [1.165, 1.54) is 7.11 Å². The van der Waals surface area contributed by atoms with Crippen LogP contribution >= 0.6 is 0 Å². The molecule has 0 saturated carbocycles. The Kier molecular flexibility index (Phi) is 3.90. The van der Waals surface area contributed by atoms with Gasteiger partial charge in [0.15, 0.2) is 11.5 Å². The number of aromatic hydroxyl groups is 1. The first-order valence-corrected chi connectivity index (χ1v) is 4.65. The van der Waals surface area contributed by atoms with Gasteiger partial charge in [-0.05, 0) is 24.1 Å². The summed E-state index contributed by atoms with van der Waals surface area (Å²) in [5.74, 6) is 4.46. The van der Waals surface area contributed by atoms with E-state index in [4.69, 9.17) is 10.6 Å². The van der Waals surface area contributed by atoms with Crippen molar-refractivity contribution in [2.75, 3.05) is 7.11 Å². The minimum atomic E-state index is -0.568. The summed E-state index contributed by atoms with van der Waals surface area (Å²) in [7, 11) is 1.41. The van der Waals surface area contributed by atoms with Crippen molar-refractivity contribution >= 4 is 5.91 Å². The molecule has 0 aliphatic carbocycles. The van der Waals surface area contributed by atoms with Crippen LogP contribution in [-0.4, -0.2) is 18.1 Å². The minimum absolute atomic E-state index is 0.0821. The molecule has 0 atom stereocenters. The number of carbonyl (C=O) groups is 1. The topological polar surface area (TPSA) is 84.6 Å². The Balaban J connectivity index is 3.29. The highest BCUT2D eigenvalue weighted by Crippen LogP contribution is 2.31. The van der Waals surface area contributed by atoms with Crippen molar-refractivity contribution < 1.29 is 14.6 Å². The van der Waals surface area contributed by atoms with Crippen LogP contribution in [0, 0.1) is 0 Å². The predicted octanol–water partition coefficient (Wildman–Crippen LogP) is 0.733. The molecule has 0 radical (unpaired) electrons. The highest BCUT2D eigenvalue weighted by atomic mass is 16.5. The van der Waals surface area contributed by atoms with E-state index in [0.717, 1.165) is 5.56 Å². The number of carbonyl (C=O) groups excluding carboxylic acids is 1. The van der Waals surface area contributed by atoms with Crippen LogP contribution in [0.4, 0.5) is 0 Å². The number of benzene rings is 1. The Hall–Kier alpha value is -2.01. The molecule has 86 valence electrons. The largest absolute Gasteiger partial charge is 0.504 e. The second kappa shape index (κ2) is 5.18. The van der Waals surface area contributed by atoms with E-state index in [1.807, 2.05) is 5.43 Å². The Labute approximate surface area is 93.5 Å². The van der Waals surface area contributed by atoms with E-state index < -0.39 is 5.91 Å². The maximum absolute atomic E-state index is 11.4. The van der Waals surface area contributed by atoms with Crippen molar-refractivity contribution in [3.63, 3.8) is 0 Å². The number of nitrogens with two attached hydrogens (primary N) is 1. The molecule has 5 heteroatoms. The molecule has 1 aromatic rings. The zero-order valence-corrected chi connectivity index (χ0v) is 8.99. The number of hydrogen-bond donors (Lipinski definition) is 3. The highest BCUT2D eigenvalue weighted by molar-refractivity contribution is 5.97. The molecule has 0 spiro atoms. The van der Waals surface area contributed by atoms with E-state index in [0.29, 0.717) is 6.42 Å². The van der Waals surface area contributed by atoms with E-state index in [9.17, 15) is 9.90 Å². The Morgan fingerprint density at radius 1 is 1.69 bits per heavy atom. The lowest BCUT2D eigenvalue weighted by Gasteiger charge is -2.10. The number of methoxy groups -OCH3 is 1. The second-order valence-electron chi connectivity index (χ2n) is 3.16. The SMILES string of the molecule is C=CCc1cc(OC)c(O)c(C(=O)NN)c1. The standard InChI is InChI=1S/C11H14N2O3/c1-3-4-7-5-8(11(15)13-12)10(14)9(6-7)16-2/h3,5-6,14H,1,4,12H2,2H3,(H,13,15). The zero-order chi connectivity index (χ0) is 12.1. The number of nitrogens with one attached hydrogen (secondary N) is 1. The normalized spacial score (nSPS) is 9.62. The molecule has 0 aliphatic heterocycles. The number of hydrazine groups is 1. The Morgan fingerprint density at radius 2 is 2.38 bits per heavy atom. The molecule has 1 amide bonds. The lowest BCUT2D eigenvalue weighted by atomic mass is 10.1. The summed E-state index contributed by atoms with van der Waals surface area (Å²) >= 11 is 0. The van der Waals surface area contributed by atoms with E-state index in [1.54, 1.807) is 18.2 Å². The molecule has 0 saturated heterocycles. The number of ether oxygens (including phenoxy) is 1. The first-order valence-electron chi connectivity index (χ1n) is 4.65. The van der Waals surface area contributed by atoms with Gasteiger partial charge in [0, 0.05) is 0 Å². The van der Waals surface area contributed by atoms with Crippen molar-refractivity contribution in [1.29, 1.82) is 0 Å². The second-order valence-corrected chi connectivity index (χ2v) is 3.16. The molecule has 1 aromatic carbocycles.